The third kappa shape index (κ3) is 5.44. The van der Waals surface area contributed by atoms with Crippen LogP contribution in [-0.4, -0.2) is 33.7 Å². The first-order chi connectivity index (χ1) is 13.8. The second-order valence-electron chi connectivity index (χ2n) is 7.39. The van der Waals surface area contributed by atoms with Crippen molar-refractivity contribution < 1.29 is 14.0 Å². The van der Waals surface area contributed by atoms with Crippen molar-refractivity contribution in [3.8, 4) is 0 Å². The SMILES string of the molecule is Cc1ccccc1N=C1S[C@H](CC(=O)Nc2ccc(F)cc2)C(=O)N1CC(C)C. The molecule has 152 valence electrons. The molecule has 0 spiro atoms. The van der Waals surface area contributed by atoms with Gasteiger partial charge in [0.05, 0.1) is 5.69 Å². The molecule has 3 rings (SSSR count). The van der Waals surface area contributed by atoms with Crippen LogP contribution in [0.5, 0.6) is 0 Å². The summed E-state index contributed by atoms with van der Waals surface area (Å²) in [5.74, 6) is -0.492. The van der Waals surface area contributed by atoms with Crippen LogP contribution in [0.1, 0.15) is 25.8 Å². The minimum atomic E-state index is -0.531. The Balaban J connectivity index is 1.76. The molecule has 0 bridgehead atoms. The van der Waals surface area contributed by atoms with Gasteiger partial charge in [-0.15, -0.1) is 0 Å². The highest BCUT2D eigenvalue weighted by molar-refractivity contribution is 8.15. The number of rotatable bonds is 6. The fourth-order valence-electron chi connectivity index (χ4n) is 2.96. The van der Waals surface area contributed by atoms with Gasteiger partial charge in [0.2, 0.25) is 11.8 Å². The van der Waals surface area contributed by atoms with Gasteiger partial charge in [0.1, 0.15) is 11.1 Å². The van der Waals surface area contributed by atoms with Crippen LogP contribution in [0.4, 0.5) is 15.8 Å². The van der Waals surface area contributed by atoms with Gasteiger partial charge in [-0.05, 0) is 48.7 Å². The third-order valence-electron chi connectivity index (χ3n) is 4.40. The zero-order valence-electron chi connectivity index (χ0n) is 16.7. The highest BCUT2D eigenvalue weighted by Crippen LogP contribution is 2.33. The number of benzene rings is 2. The lowest BCUT2D eigenvalue weighted by Crippen LogP contribution is -2.36. The van der Waals surface area contributed by atoms with Crippen molar-refractivity contribution in [2.24, 2.45) is 10.9 Å². The molecule has 2 aromatic rings. The first kappa shape index (κ1) is 21.0. The van der Waals surface area contributed by atoms with Crippen LogP contribution in [0.2, 0.25) is 0 Å². The Morgan fingerprint density at radius 3 is 2.55 bits per heavy atom. The number of hydrogen-bond acceptors (Lipinski definition) is 4. The number of halogens is 1. The van der Waals surface area contributed by atoms with E-state index >= 15 is 0 Å². The smallest absolute Gasteiger partial charge is 0.242 e. The molecule has 1 saturated heterocycles. The Labute approximate surface area is 174 Å². The minimum Gasteiger partial charge on any atom is -0.326 e. The standard InChI is InChI=1S/C22H24FN3O2S/c1-14(2)13-26-21(28)19(12-20(27)24-17-10-8-16(23)9-11-17)29-22(26)25-18-7-5-4-6-15(18)3/h4-11,14,19H,12-13H2,1-3H3,(H,24,27)/t19-/m1/s1. The number of para-hydroxylation sites is 1. The number of anilines is 1. The lowest BCUT2D eigenvalue weighted by atomic mass is 10.2. The molecule has 1 atom stereocenters. The van der Waals surface area contributed by atoms with E-state index < -0.39 is 5.25 Å². The van der Waals surface area contributed by atoms with E-state index in [1.807, 2.05) is 45.0 Å². The van der Waals surface area contributed by atoms with Crippen LogP contribution >= 0.6 is 11.8 Å². The Morgan fingerprint density at radius 1 is 1.21 bits per heavy atom. The first-order valence-corrected chi connectivity index (χ1v) is 10.4. The number of aryl methyl sites for hydroxylation is 1. The van der Waals surface area contributed by atoms with E-state index in [0.29, 0.717) is 17.4 Å². The zero-order chi connectivity index (χ0) is 21.0. The Hall–Kier alpha value is -2.67. The summed E-state index contributed by atoms with van der Waals surface area (Å²) >= 11 is 1.32. The molecule has 0 aromatic heterocycles. The first-order valence-electron chi connectivity index (χ1n) is 9.51. The molecule has 5 nitrogen and oxygen atoms in total. The van der Waals surface area contributed by atoms with Crippen molar-refractivity contribution in [1.29, 1.82) is 0 Å². The number of carbonyl (C=O) groups excluding carboxylic acids is 2. The summed E-state index contributed by atoms with van der Waals surface area (Å²) in [6.07, 6.45) is 0.0300. The molecule has 0 unspecified atom stereocenters. The number of amides is 2. The Kier molecular flexibility index (Phi) is 6.69. The van der Waals surface area contributed by atoms with E-state index in [1.54, 1.807) is 4.90 Å². The van der Waals surface area contributed by atoms with Gasteiger partial charge in [0, 0.05) is 18.7 Å². The van der Waals surface area contributed by atoms with Crippen LogP contribution < -0.4 is 5.32 Å². The molecule has 7 heteroatoms. The fourth-order valence-corrected chi connectivity index (χ4v) is 4.12. The molecular weight excluding hydrogens is 389 g/mol. The molecule has 0 saturated carbocycles. The van der Waals surface area contributed by atoms with Gasteiger partial charge in [0.15, 0.2) is 5.17 Å². The van der Waals surface area contributed by atoms with Gasteiger partial charge < -0.3 is 5.32 Å². The maximum absolute atomic E-state index is 13.0. The van der Waals surface area contributed by atoms with Gasteiger partial charge in [-0.2, -0.15) is 0 Å². The number of thioether (sulfide) groups is 1. The molecule has 1 N–H and O–H groups in total. The fraction of sp³-hybridized carbons (Fsp3) is 0.318. The molecular formula is C22H24FN3O2S. The largest absolute Gasteiger partial charge is 0.326 e. The van der Waals surface area contributed by atoms with Crippen LogP contribution in [0.15, 0.2) is 53.5 Å². The van der Waals surface area contributed by atoms with Gasteiger partial charge in [-0.25, -0.2) is 9.38 Å². The van der Waals surface area contributed by atoms with Crippen molar-refractivity contribution >= 4 is 40.1 Å². The predicted molar refractivity (Wildman–Crippen MR) is 116 cm³/mol. The summed E-state index contributed by atoms with van der Waals surface area (Å²) in [6, 6.07) is 13.3. The average Bonchev–Trinajstić information content (AvgIpc) is 2.94. The van der Waals surface area contributed by atoms with Gasteiger partial charge >= 0.3 is 0 Å². The van der Waals surface area contributed by atoms with Crippen LogP contribution in [0, 0.1) is 18.7 Å². The van der Waals surface area contributed by atoms with Crippen molar-refractivity contribution in [2.75, 3.05) is 11.9 Å². The minimum absolute atomic E-state index is 0.0300. The zero-order valence-corrected chi connectivity index (χ0v) is 17.5. The van der Waals surface area contributed by atoms with E-state index in [0.717, 1.165) is 11.3 Å². The molecule has 1 aliphatic rings. The summed E-state index contributed by atoms with van der Waals surface area (Å²) in [4.78, 5) is 31.8. The molecule has 2 amide bonds. The number of nitrogens with one attached hydrogen (secondary N) is 1. The highest BCUT2D eigenvalue weighted by Gasteiger charge is 2.39. The van der Waals surface area contributed by atoms with Gasteiger partial charge in [0.25, 0.3) is 0 Å². The lowest BCUT2D eigenvalue weighted by Gasteiger charge is -2.19. The topological polar surface area (TPSA) is 61.8 Å². The highest BCUT2D eigenvalue weighted by atomic mass is 32.2. The van der Waals surface area contributed by atoms with Gasteiger partial charge in [-0.1, -0.05) is 43.8 Å². The van der Waals surface area contributed by atoms with Crippen LogP contribution in [0.3, 0.4) is 0 Å². The summed E-state index contributed by atoms with van der Waals surface area (Å²) in [7, 11) is 0. The maximum Gasteiger partial charge on any atom is 0.242 e. The third-order valence-corrected chi connectivity index (χ3v) is 5.57. The predicted octanol–water partition coefficient (Wildman–Crippen LogP) is 4.75. The maximum atomic E-state index is 13.0. The van der Waals surface area contributed by atoms with Crippen LogP contribution in [-0.2, 0) is 9.59 Å². The Morgan fingerprint density at radius 2 is 1.90 bits per heavy atom. The van der Waals surface area contributed by atoms with E-state index in [-0.39, 0.29) is 30.0 Å². The molecule has 0 radical (unpaired) electrons. The van der Waals surface area contributed by atoms with Crippen molar-refractivity contribution in [3.05, 3.63) is 59.9 Å². The Bertz CT molecular complexity index is 928. The summed E-state index contributed by atoms with van der Waals surface area (Å²) in [6.45, 7) is 6.60. The molecule has 2 aromatic carbocycles. The summed E-state index contributed by atoms with van der Waals surface area (Å²) in [5.41, 5.74) is 2.34. The van der Waals surface area contributed by atoms with Crippen molar-refractivity contribution in [1.82, 2.24) is 4.90 Å². The number of nitrogens with zero attached hydrogens (tertiary/aromatic N) is 2. The number of aliphatic imine (C=N–C) groups is 1. The number of carbonyl (C=O) groups is 2. The number of hydrogen-bond donors (Lipinski definition) is 1. The summed E-state index contributed by atoms with van der Waals surface area (Å²) in [5, 5.41) is 2.81. The second-order valence-corrected chi connectivity index (χ2v) is 8.56. The van der Waals surface area contributed by atoms with E-state index in [9.17, 15) is 14.0 Å². The molecule has 0 aliphatic carbocycles. The van der Waals surface area contributed by atoms with E-state index in [2.05, 4.69) is 5.32 Å². The van der Waals surface area contributed by atoms with E-state index in [1.165, 1.54) is 36.0 Å². The molecule has 29 heavy (non-hydrogen) atoms. The molecule has 1 fully saturated rings. The molecule has 1 aliphatic heterocycles. The number of amidine groups is 1. The average molecular weight is 414 g/mol. The normalized spacial score (nSPS) is 18.0. The van der Waals surface area contributed by atoms with E-state index in [4.69, 9.17) is 4.99 Å². The van der Waals surface area contributed by atoms with Crippen LogP contribution in [0.25, 0.3) is 0 Å². The van der Waals surface area contributed by atoms with Gasteiger partial charge in [-0.3, -0.25) is 14.5 Å². The van der Waals surface area contributed by atoms with Crippen molar-refractivity contribution in [2.45, 2.75) is 32.4 Å². The lowest BCUT2D eigenvalue weighted by molar-refractivity contribution is -0.128. The van der Waals surface area contributed by atoms with Crippen molar-refractivity contribution in [3.63, 3.8) is 0 Å². The summed E-state index contributed by atoms with van der Waals surface area (Å²) < 4.78 is 13.0. The quantitative estimate of drug-likeness (QED) is 0.743. The molecule has 1 heterocycles. The monoisotopic (exact) mass is 413 g/mol. The second kappa shape index (κ2) is 9.22.